The summed E-state index contributed by atoms with van der Waals surface area (Å²) in [7, 11) is 1.61. The zero-order valence-electron chi connectivity index (χ0n) is 13.1. The second-order valence-electron chi connectivity index (χ2n) is 5.16. The van der Waals surface area contributed by atoms with Gasteiger partial charge in [0.25, 0.3) is 5.91 Å². The fourth-order valence-corrected chi connectivity index (χ4v) is 2.04. The zero-order valence-corrected chi connectivity index (χ0v) is 13.1. The van der Waals surface area contributed by atoms with Crippen LogP contribution < -0.4 is 14.8 Å². The third kappa shape index (κ3) is 4.52. The van der Waals surface area contributed by atoms with Crippen molar-refractivity contribution in [1.82, 2.24) is 5.32 Å². The van der Waals surface area contributed by atoms with Crippen molar-refractivity contribution in [2.24, 2.45) is 0 Å². The Balaban J connectivity index is 1.83. The Morgan fingerprint density at radius 3 is 2.23 bits per heavy atom. The maximum Gasteiger partial charge on any atom is 0.258 e. The van der Waals surface area contributed by atoms with Crippen LogP contribution in [0.2, 0.25) is 0 Å². The average molecular weight is 299 g/mol. The van der Waals surface area contributed by atoms with E-state index in [9.17, 15) is 4.79 Å². The summed E-state index contributed by atoms with van der Waals surface area (Å²) in [6.07, 6.45) is 0. The van der Waals surface area contributed by atoms with Crippen LogP contribution in [-0.4, -0.2) is 19.6 Å². The number of methoxy groups -OCH3 is 1. The number of carbonyl (C=O) groups excluding carboxylic acids is 1. The van der Waals surface area contributed by atoms with Gasteiger partial charge in [-0.2, -0.15) is 0 Å². The molecule has 0 heterocycles. The van der Waals surface area contributed by atoms with E-state index in [0.717, 1.165) is 11.3 Å². The maximum absolute atomic E-state index is 11.9. The minimum Gasteiger partial charge on any atom is -0.497 e. The molecule has 0 saturated heterocycles. The number of aryl methyl sites for hydroxylation is 1. The van der Waals surface area contributed by atoms with Gasteiger partial charge in [0.1, 0.15) is 11.5 Å². The number of rotatable bonds is 6. The van der Waals surface area contributed by atoms with Crippen molar-refractivity contribution in [3.8, 4) is 11.5 Å². The highest BCUT2D eigenvalue weighted by Gasteiger charge is 2.10. The Labute approximate surface area is 131 Å². The van der Waals surface area contributed by atoms with E-state index in [1.54, 1.807) is 31.4 Å². The molecule has 0 unspecified atom stereocenters. The molecule has 1 atom stereocenters. The second-order valence-corrected chi connectivity index (χ2v) is 5.16. The van der Waals surface area contributed by atoms with Crippen molar-refractivity contribution in [3.63, 3.8) is 0 Å². The van der Waals surface area contributed by atoms with Crippen LogP contribution in [0.25, 0.3) is 0 Å². The molecule has 0 aromatic heterocycles. The summed E-state index contributed by atoms with van der Waals surface area (Å²) in [5.41, 5.74) is 2.27. The van der Waals surface area contributed by atoms with E-state index in [4.69, 9.17) is 9.47 Å². The lowest BCUT2D eigenvalue weighted by Crippen LogP contribution is -2.31. The fourth-order valence-electron chi connectivity index (χ4n) is 2.04. The number of hydrogen-bond acceptors (Lipinski definition) is 3. The normalized spacial score (nSPS) is 11.6. The van der Waals surface area contributed by atoms with Crippen molar-refractivity contribution in [1.29, 1.82) is 0 Å². The smallest absolute Gasteiger partial charge is 0.258 e. The van der Waals surface area contributed by atoms with E-state index in [2.05, 4.69) is 5.32 Å². The number of hydrogen-bond donors (Lipinski definition) is 1. The molecule has 4 nitrogen and oxygen atoms in total. The number of ether oxygens (including phenoxy) is 2. The van der Waals surface area contributed by atoms with Crippen LogP contribution in [-0.2, 0) is 4.79 Å². The molecule has 2 aromatic rings. The molecule has 116 valence electrons. The van der Waals surface area contributed by atoms with Crippen molar-refractivity contribution < 1.29 is 14.3 Å². The van der Waals surface area contributed by atoms with Crippen LogP contribution in [0, 0.1) is 6.92 Å². The van der Waals surface area contributed by atoms with E-state index in [1.165, 1.54) is 5.56 Å². The monoisotopic (exact) mass is 299 g/mol. The lowest BCUT2D eigenvalue weighted by atomic mass is 10.1. The van der Waals surface area contributed by atoms with Gasteiger partial charge in [0, 0.05) is 0 Å². The highest BCUT2D eigenvalue weighted by atomic mass is 16.5. The SMILES string of the molecule is COc1ccc(OCC(=O)N[C@H](C)c2ccc(C)cc2)cc1. The number of nitrogens with one attached hydrogen (secondary N) is 1. The Morgan fingerprint density at radius 1 is 1.05 bits per heavy atom. The van der Waals surface area contributed by atoms with Crippen molar-refractivity contribution >= 4 is 5.91 Å². The lowest BCUT2D eigenvalue weighted by molar-refractivity contribution is -0.123. The Kier molecular flexibility index (Phi) is 5.42. The molecular formula is C18H21NO3. The first-order valence-electron chi connectivity index (χ1n) is 7.21. The highest BCUT2D eigenvalue weighted by molar-refractivity contribution is 5.78. The Bertz CT molecular complexity index is 605. The van der Waals surface area contributed by atoms with Gasteiger partial charge in [-0.1, -0.05) is 29.8 Å². The van der Waals surface area contributed by atoms with Gasteiger partial charge in [0.2, 0.25) is 0 Å². The molecule has 0 spiro atoms. The summed E-state index contributed by atoms with van der Waals surface area (Å²) in [4.78, 5) is 11.9. The van der Waals surface area contributed by atoms with E-state index in [-0.39, 0.29) is 18.6 Å². The zero-order chi connectivity index (χ0) is 15.9. The summed E-state index contributed by atoms with van der Waals surface area (Å²) in [5.74, 6) is 1.24. The molecule has 0 aliphatic rings. The topological polar surface area (TPSA) is 47.6 Å². The first-order chi connectivity index (χ1) is 10.6. The van der Waals surface area contributed by atoms with Crippen LogP contribution in [0.4, 0.5) is 0 Å². The standard InChI is InChI=1S/C18H21NO3/c1-13-4-6-15(7-5-13)14(2)19-18(20)12-22-17-10-8-16(21-3)9-11-17/h4-11,14H,12H2,1-3H3,(H,19,20)/t14-/m1/s1. The van der Waals surface area contributed by atoms with Crippen LogP contribution in [0.15, 0.2) is 48.5 Å². The molecule has 0 bridgehead atoms. The van der Waals surface area contributed by atoms with Crippen LogP contribution in [0.1, 0.15) is 24.1 Å². The predicted octanol–water partition coefficient (Wildman–Crippen LogP) is 3.26. The minimum absolute atomic E-state index is 0.0114. The van der Waals surface area contributed by atoms with Gasteiger partial charge < -0.3 is 14.8 Å². The Morgan fingerprint density at radius 2 is 1.64 bits per heavy atom. The summed E-state index contributed by atoms with van der Waals surface area (Å²) < 4.78 is 10.5. The Hall–Kier alpha value is -2.49. The molecule has 0 saturated carbocycles. The summed E-state index contributed by atoms with van der Waals surface area (Å²) in [6.45, 7) is 3.98. The van der Waals surface area contributed by atoms with Crippen LogP contribution in [0.3, 0.4) is 0 Å². The van der Waals surface area contributed by atoms with Gasteiger partial charge >= 0.3 is 0 Å². The van der Waals surface area contributed by atoms with E-state index in [0.29, 0.717) is 5.75 Å². The molecule has 2 rings (SSSR count). The molecule has 0 fully saturated rings. The quantitative estimate of drug-likeness (QED) is 0.890. The third-order valence-corrected chi connectivity index (χ3v) is 3.38. The van der Waals surface area contributed by atoms with Gasteiger partial charge in [-0.3, -0.25) is 4.79 Å². The number of amides is 1. The molecular weight excluding hydrogens is 278 g/mol. The molecule has 0 aliphatic carbocycles. The minimum atomic E-state index is -0.149. The maximum atomic E-state index is 11.9. The van der Waals surface area contributed by atoms with E-state index < -0.39 is 0 Å². The first kappa shape index (κ1) is 15.9. The molecule has 1 N–H and O–H groups in total. The van der Waals surface area contributed by atoms with Crippen LogP contribution >= 0.6 is 0 Å². The van der Waals surface area contributed by atoms with Gasteiger partial charge in [-0.05, 0) is 43.7 Å². The van der Waals surface area contributed by atoms with Crippen molar-refractivity contribution in [3.05, 3.63) is 59.7 Å². The average Bonchev–Trinajstić information content (AvgIpc) is 2.54. The fraction of sp³-hybridized carbons (Fsp3) is 0.278. The number of benzene rings is 2. The molecule has 0 radical (unpaired) electrons. The largest absolute Gasteiger partial charge is 0.497 e. The van der Waals surface area contributed by atoms with Gasteiger partial charge in [0.15, 0.2) is 6.61 Å². The van der Waals surface area contributed by atoms with Gasteiger partial charge in [0.05, 0.1) is 13.2 Å². The summed E-state index contributed by atoms with van der Waals surface area (Å²) >= 11 is 0. The lowest BCUT2D eigenvalue weighted by Gasteiger charge is -2.15. The molecule has 4 heteroatoms. The van der Waals surface area contributed by atoms with E-state index in [1.807, 2.05) is 38.1 Å². The summed E-state index contributed by atoms with van der Waals surface area (Å²) in [6, 6.07) is 15.2. The first-order valence-corrected chi connectivity index (χ1v) is 7.21. The van der Waals surface area contributed by atoms with Gasteiger partial charge in [-0.25, -0.2) is 0 Å². The second kappa shape index (κ2) is 7.50. The number of carbonyl (C=O) groups is 1. The van der Waals surface area contributed by atoms with Crippen molar-refractivity contribution in [2.75, 3.05) is 13.7 Å². The highest BCUT2D eigenvalue weighted by Crippen LogP contribution is 2.17. The predicted molar refractivity (Wildman–Crippen MR) is 86.2 cm³/mol. The van der Waals surface area contributed by atoms with Crippen LogP contribution in [0.5, 0.6) is 11.5 Å². The van der Waals surface area contributed by atoms with Crippen molar-refractivity contribution in [2.45, 2.75) is 19.9 Å². The van der Waals surface area contributed by atoms with E-state index >= 15 is 0 Å². The summed E-state index contributed by atoms with van der Waals surface area (Å²) in [5, 5.41) is 2.92. The van der Waals surface area contributed by atoms with Gasteiger partial charge in [-0.15, -0.1) is 0 Å². The molecule has 22 heavy (non-hydrogen) atoms. The molecule has 2 aromatic carbocycles. The molecule has 0 aliphatic heterocycles. The molecule has 1 amide bonds. The third-order valence-electron chi connectivity index (χ3n) is 3.38.